The topological polar surface area (TPSA) is 61.6 Å². The van der Waals surface area contributed by atoms with E-state index in [-0.39, 0.29) is 11.9 Å². The second-order valence-electron chi connectivity index (χ2n) is 5.46. The quantitative estimate of drug-likeness (QED) is 0.786. The first kappa shape index (κ1) is 15.7. The molecule has 1 aromatic heterocycles. The Morgan fingerprint density at radius 1 is 1.52 bits per heavy atom. The lowest BCUT2D eigenvalue weighted by Gasteiger charge is -2.36. The Balaban J connectivity index is 1.77. The highest BCUT2D eigenvalue weighted by molar-refractivity contribution is 5.81. The van der Waals surface area contributed by atoms with Gasteiger partial charge in [-0.05, 0) is 13.8 Å². The number of amides is 1. The molecule has 1 unspecified atom stereocenters. The molecule has 1 fully saturated rings. The van der Waals surface area contributed by atoms with E-state index in [1.54, 1.807) is 6.08 Å². The first-order valence-electron chi connectivity index (χ1n) is 7.37. The third-order valence-corrected chi connectivity index (χ3v) is 3.81. The van der Waals surface area contributed by atoms with Crippen molar-refractivity contribution in [3.05, 3.63) is 30.2 Å². The molecule has 1 aliphatic rings. The lowest BCUT2D eigenvalue weighted by atomic mass is 10.2. The number of carbonyl (C=O) groups excluding carboxylic acids is 1. The minimum Gasteiger partial charge on any atom is -0.360 e. The molecular formula is C15H24N4O2. The number of aryl methyl sites for hydroxylation is 1. The van der Waals surface area contributed by atoms with Gasteiger partial charge in [-0.1, -0.05) is 11.2 Å². The Bertz CT molecular complexity index is 478. The van der Waals surface area contributed by atoms with Crippen molar-refractivity contribution >= 4 is 5.91 Å². The predicted octanol–water partition coefficient (Wildman–Crippen LogP) is 0.791. The van der Waals surface area contributed by atoms with Gasteiger partial charge in [-0.15, -0.1) is 6.58 Å². The molecule has 1 saturated heterocycles. The molecule has 0 bridgehead atoms. The van der Waals surface area contributed by atoms with Gasteiger partial charge < -0.3 is 9.84 Å². The van der Waals surface area contributed by atoms with Gasteiger partial charge in [0.2, 0.25) is 5.91 Å². The van der Waals surface area contributed by atoms with Gasteiger partial charge in [0.15, 0.2) is 5.76 Å². The van der Waals surface area contributed by atoms with E-state index in [1.165, 1.54) is 0 Å². The third kappa shape index (κ3) is 4.41. The summed E-state index contributed by atoms with van der Waals surface area (Å²) in [5.41, 5.74) is 0.913. The smallest absolute Gasteiger partial charge is 0.237 e. The Morgan fingerprint density at radius 2 is 2.24 bits per heavy atom. The van der Waals surface area contributed by atoms with Gasteiger partial charge >= 0.3 is 0 Å². The SMILES string of the molecule is C=CCNC(=O)C(C)N1CCN(Cc2cc(C)no2)CC1. The molecule has 2 heterocycles. The van der Waals surface area contributed by atoms with Crippen molar-refractivity contribution in [1.82, 2.24) is 20.3 Å². The summed E-state index contributed by atoms with van der Waals surface area (Å²) >= 11 is 0. The Morgan fingerprint density at radius 3 is 2.81 bits per heavy atom. The molecule has 1 atom stereocenters. The molecule has 0 aromatic carbocycles. The number of nitrogens with one attached hydrogen (secondary N) is 1. The maximum Gasteiger partial charge on any atom is 0.237 e. The molecule has 6 nitrogen and oxygen atoms in total. The van der Waals surface area contributed by atoms with E-state index < -0.39 is 0 Å². The van der Waals surface area contributed by atoms with E-state index in [2.05, 4.69) is 26.9 Å². The zero-order valence-electron chi connectivity index (χ0n) is 12.8. The summed E-state index contributed by atoms with van der Waals surface area (Å²) in [6.45, 7) is 12.4. The highest BCUT2D eigenvalue weighted by atomic mass is 16.5. The van der Waals surface area contributed by atoms with Crippen LogP contribution in [-0.2, 0) is 11.3 Å². The summed E-state index contributed by atoms with van der Waals surface area (Å²) in [5, 5.41) is 6.75. The molecule has 2 rings (SSSR count). The molecule has 1 amide bonds. The van der Waals surface area contributed by atoms with Crippen molar-refractivity contribution in [2.75, 3.05) is 32.7 Å². The molecular weight excluding hydrogens is 268 g/mol. The molecule has 21 heavy (non-hydrogen) atoms. The van der Waals surface area contributed by atoms with Crippen LogP contribution in [0.1, 0.15) is 18.4 Å². The van der Waals surface area contributed by atoms with Gasteiger partial charge in [0, 0.05) is 38.8 Å². The fourth-order valence-corrected chi connectivity index (χ4v) is 2.51. The summed E-state index contributed by atoms with van der Waals surface area (Å²) in [7, 11) is 0. The molecule has 0 saturated carbocycles. The molecule has 6 heteroatoms. The molecule has 1 aliphatic heterocycles. The molecule has 0 radical (unpaired) electrons. The first-order valence-corrected chi connectivity index (χ1v) is 7.37. The highest BCUT2D eigenvalue weighted by Gasteiger charge is 2.25. The number of rotatable bonds is 6. The number of nitrogens with zero attached hydrogens (tertiary/aromatic N) is 3. The molecule has 0 aliphatic carbocycles. The standard InChI is InChI=1S/C15H24N4O2/c1-4-5-16-15(20)13(3)19-8-6-18(7-9-19)11-14-10-12(2)17-21-14/h4,10,13H,1,5-9,11H2,2-3H3,(H,16,20). The average molecular weight is 292 g/mol. The zero-order chi connectivity index (χ0) is 15.2. The van der Waals surface area contributed by atoms with Crippen LogP contribution >= 0.6 is 0 Å². The Hall–Kier alpha value is -1.66. The molecule has 1 N–H and O–H groups in total. The summed E-state index contributed by atoms with van der Waals surface area (Å²) in [6.07, 6.45) is 1.70. The van der Waals surface area contributed by atoms with Gasteiger partial charge in [0.25, 0.3) is 0 Å². The summed E-state index contributed by atoms with van der Waals surface area (Å²) in [4.78, 5) is 16.5. The molecule has 1 aromatic rings. The third-order valence-electron chi connectivity index (χ3n) is 3.81. The van der Waals surface area contributed by atoms with Crippen LogP contribution in [0.5, 0.6) is 0 Å². The van der Waals surface area contributed by atoms with Crippen molar-refractivity contribution < 1.29 is 9.32 Å². The largest absolute Gasteiger partial charge is 0.360 e. The van der Waals surface area contributed by atoms with Crippen LogP contribution in [0.2, 0.25) is 0 Å². The van der Waals surface area contributed by atoms with Gasteiger partial charge in [-0.25, -0.2) is 0 Å². The number of carbonyl (C=O) groups is 1. The first-order chi connectivity index (χ1) is 10.1. The van der Waals surface area contributed by atoms with Crippen LogP contribution in [0.25, 0.3) is 0 Å². The van der Waals surface area contributed by atoms with Crippen LogP contribution in [-0.4, -0.2) is 59.6 Å². The Kier molecular flexibility index (Phi) is 5.52. The van der Waals surface area contributed by atoms with Crippen LogP contribution in [0, 0.1) is 6.92 Å². The van der Waals surface area contributed by atoms with Crippen LogP contribution in [0.15, 0.2) is 23.2 Å². The van der Waals surface area contributed by atoms with E-state index in [1.807, 2.05) is 19.9 Å². The summed E-state index contributed by atoms with van der Waals surface area (Å²) < 4.78 is 5.25. The van der Waals surface area contributed by atoms with Crippen molar-refractivity contribution in [2.45, 2.75) is 26.4 Å². The van der Waals surface area contributed by atoms with Gasteiger partial charge in [-0.2, -0.15) is 0 Å². The second kappa shape index (κ2) is 7.38. The molecule has 116 valence electrons. The van der Waals surface area contributed by atoms with Crippen molar-refractivity contribution in [3.8, 4) is 0 Å². The Labute approximate surface area is 125 Å². The summed E-state index contributed by atoms with van der Waals surface area (Å²) in [6, 6.07) is 1.87. The molecule has 0 spiro atoms. The van der Waals surface area contributed by atoms with Crippen molar-refractivity contribution in [3.63, 3.8) is 0 Å². The predicted molar refractivity (Wildman–Crippen MR) is 80.8 cm³/mol. The number of piperazine rings is 1. The van der Waals surface area contributed by atoms with Crippen molar-refractivity contribution in [1.29, 1.82) is 0 Å². The second-order valence-corrected chi connectivity index (χ2v) is 5.46. The van der Waals surface area contributed by atoms with E-state index in [0.717, 1.165) is 44.2 Å². The highest BCUT2D eigenvalue weighted by Crippen LogP contribution is 2.11. The number of aromatic nitrogens is 1. The summed E-state index contributed by atoms with van der Waals surface area (Å²) in [5.74, 6) is 0.965. The fraction of sp³-hybridized carbons (Fsp3) is 0.600. The lowest BCUT2D eigenvalue weighted by molar-refractivity contribution is -0.126. The van der Waals surface area contributed by atoms with Crippen LogP contribution in [0.4, 0.5) is 0 Å². The van der Waals surface area contributed by atoms with E-state index in [0.29, 0.717) is 6.54 Å². The number of hydrogen-bond donors (Lipinski definition) is 1. The minimum atomic E-state index is -0.0976. The van der Waals surface area contributed by atoms with Gasteiger partial charge in [-0.3, -0.25) is 14.6 Å². The monoisotopic (exact) mass is 292 g/mol. The van der Waals surface area contributed by atoms with Crippen LogP contribution in [0.3, 0.4) is 0 Å². The zero-order valence-corrected chi connectivity index (χ0v) is 12.8. The average Bonchev–Trinajstić information content (AvgIpc) is 2.90. The maximum absolute atomic E-state index is 11.9. The fourth-order valence-electron chi connectivity index (χ4n) is 2.51. The maximum atomic E-state index is 11.9. The number of hydrogen-bond acceptors (Lipinski definition) is 5. The van der Waals surface area contributed by atoms with Crippen molar-refractivity contribution in [2.24, 2.45) is 0 Å². The van der Waals surface area contributed by atoms with Crippen LogP contribution < -0.4 is 5.32 Å². The minimum absolute atomic E-state index is 0.0641. The van der Waals surface area contributed by atoms with E-state index in [9.17, 15) is 4.79 Å². The lowest BCUT2D eigenvalue weighted by Crippen LogP contribution is -2.53. The van der Waals surface area contributed by atoms with Gasteiger partial charge in [0.1, 0.15) is 0 Å². The normalized spacial score (nSPS) is 18.4. The van der Waals surface area contributed by atoms with Gasteiger partial charge in [0.05, 0.1) is 18.3 Å². The van der Waals surface area contributed by atoms with E-state index >= 15 is 0 Å². The van der Waals surface area contributed by atoms with E-state index in [4.69, 9.17) is 4.52 Å².